The maximum absolute atomic E-state index is 13.5. The van der Waals surface area contributed by atoms with Crippen LogP contribution in [-0.4, -0.2) is 77.4 Å². The summed E-state index contributed by atoms with van der Waals surface area (Å²) in [6.45, 7) is -9.12. The number of hydrogen-bond acceptors (Lipinski definition) is 14. The minimum atomic E-state index is -4.21. The fourth-order valence-electron chi connectivity index (χ4n) is 5.38. The molecule has 3 saturated heterocycles. The van der Waals surface area contributed by atoms with Gasteiger partial charge >= 0.3 is 13.6 Å². The van der Waals surface area contributed by atoms with Crippen molar-refractivity contribution < 1.29 is 41.8 Å². The Kier molecular flexibility index (Phi) is 7.50. The molecular formula is C22H25N7O10P2S2. The second kappa shape index (κ2) is 11.0. The van der Waals surface area contributed by atoms with Crippen LogP contribution in [0.2, 0.25) is 0 Å². The van der Waals surface area contributed by atoms with Crippen molar-refractivity contribution >= 4 is 55.2 Å². The van der Waals surface area contributed by atoms with Gasteiger partial charge in [-0.25, -0.2) is 23.6 Å². The summed E-state index contributed by atoms with van der Waals surface area (Å²) in [5, 5.41) is 15.4. The second-order valence-corrected chi connectivity index (χ2v) is 15.8. The van der Waals surface area contributed by atoms with Crippen molar-refractivity contribution in [3.63, 3.8) is 0 Å². The van der Waals surface area contributed by atoms with Crippen molar-refractivity contribution in [1.82, 2.24) is 28.5 Å². The highest BCUT2D eigenvalue weighted by atomic mass is 32.7. The van der Waals surface area contributed by atoms with Gasteiger partial charge in [0, 0.05) is 31.1 Å². The molecule has 4 aromatic rings. The average molecular weight is 674 g/mol. The van der Waals surface area contributed by atoms with Crippen LogP contribution in [0, 0.1) is 0 Å². The average Bonchev–Trinajstić information content (AvgIpc) is 3.74. The first-order chi connectivity index (χ1) is 20.5. The number of fused-ring (bicyclic) bond motifs is 5. The first-order valence-corrected chi connectivity index (χ1v) is 18.3. The summed E-state index contributed by atoms with van der Waals surface area (Å²) in [5.41, 5.74) is 7.04. The van der Waals surface area contributed by atoms with Crippen LogP contribution < -0.4 is 11.3 Å². The molecule has 0 radical (unpaired) electrons. The summed E-state index contributed by atoms with van der Waals surface area (Å²) >= 11 is 8.29. The van der Waals surface area contributed by atoms with E-state index in [1.165, 1.54) is 44.3 Å². The number of aliphatic hydroxyl groups is 1. The van der Waals surface area contributed by atoms with Crippen LogP contribution in [0.1, 0.15) is 24.4 Å². The van der Waals surface area contributed by atoms with Crippen molar-refractivity contribution in [3.8, 4) is 0 Å². The van der Waals surface area contributed by atoms with E-state index in [4.69, 9.17) is 33.3 Å². The van der Waals surface area contributed by atoms with E-state index < -0.39 is 63.1 Å². The third kappa shape index (κ3) is 5.46. The predicted molar refractivity (Wildman–Crippen MR) is 154 cm³/mol. The molecule has 7 rings (SSSR count). The summed E-state index contributed by atoms with van der Waals surface area (Å²) in [6.07, 6.45) is -0.148. The van der Waals surface area contributed by atoms with E-state index in [2.05, 4.69) is 39.6 Å². The van der Waals surface area contributed by atoms with Gasteiger partial charge in [0.2, 0.25) is 5.78 Å². The molecule has 3 aliphatic heterocycles. The lowest BCUT2D eigenvalue weighted by molar-refractivity contribution is -0.0534. The molecule has 4 aromatic heterocycles. The van der Waals surface area contributed by atoms with E-state index in [0.29, 0.717) is 17.0 Å². The molecule has 43 heavy (non-hydrogen) atoms. The number of ether oxygens (including phenoxy) is 2. The van der Waals surface area contributed by atoms with Gasteiger partial charge in [0.15, 0.2) is 11.9 Å². The first kappa shape index (κ1) is 29.4. The Labute approximate surface area is 252 Å². The van der Waals surface area contributed by atoms with Gasteiger partial charge in [-0.2, -0.15) is 5.10 Å². The Bertz CT molecular complexity index is 1850. The highest BCUT2D eigenvalue weighted by molar-refractivity contribution is 8.44. The van der Waals surface area contributed by atoms with Crippen molar-refractivity contribution in [2.75, 3.05) is 18.9 Å². The Morgan fingerprint density at radius 2 is 1.74 bits per heavy atom. The van der Waals surface area contributed by atoms with Crippen LogP contribution >= 0.6 is 38.1 Å². The Balaban J connectivity index is 1.19. The van der Waals surface area contributed by atoms with Gasteiger partial charge in [0.1, 0.15) is 30.5 Å². The van der Waals surface area contributed by atoms with Crippen LogP contribution in [-0.2, 0) is 36.7 Å². The number of rotatable bonds is 2. The summed E-state index contributed by atoms with van der Waals surface area (Å²) in [6, 6.07) is 2.87. The predicted octanol–water partition coefficient (Wildman–Crippen LogP) is 1.80. The largest absolute Gasteiger partial charge is 0.396 e. The number of aromatic nitrogens is 6. The fourth-order valence-corrected chi connectivity index (χ4v) is 8.36. The van der Waals surface area contributed by atoms with Gasteiger partial charge in [-0.05, 0) is 6.07 Å². The van der Waals surface area contributed by atoms with E-state index in [1.807, 2.05) is 0 Å². The molecule has 21 heteroatoms. The summed E-state index contributed by atoms with van der Waals surface area (Å²) in [7, 11) is 0. The number of thiol groups is 2. The molecular weight excluding hydrogens is 648 g/mol. The highest BCUT2D eigenvalue weighted by Crippen LogP contribution is 2.60. The highest BCUT2D eigenvalue weighted by Gasteiger charge is 2.51. The zero-order valence-corrected chi connectivity index (χ0v) is 25.5. The second-order valence-electron chi connectivity index (χ2n) is 10.1. The maximum Gasteiger partial charge on any atom is 0.386 e. The van der Waals surface area contributed by atoms with Gasteiger partial charge in [-0.1, -0.05) is 24.5 Å². The quantitative estimate of drug-likeness (QED) is 0.177. The van der Waals surface area contributed by atoms with Crippen LogP contribution in [0.3, 0.4) is 0 Å². The molecule has 0 saturated carbocycles. The van der Waals surface area contributed by atoms with Gasteiger partial charge < -0.3 is 20.3 Å². The van der Waals surface area contributed by atoms with Crippen molar-refractivity contribution in [2.24, 2.45) is 0 Å². The number of nitrogens with zero attached hydrogens (tertiary/aromatic N) is 6. The SMILES string of the molecule is Nc1ccnn2c([C@H]3C[C@@H]4O[P@](=O)(S)OC[C@H]5O[C@@H](n6ccc(=O)n7ccnc67)[C@H](O[P@@](=O)(S)OC[C@H]4O3)[C@@H]5O)cnc12. The maximum atomic E-state index is 13.5. The zero-order chi connectivity index (χ0) is 30.1. The molecule has 3 N–H and O–H groups in total. The van der Waals surface area contributed by atoms with Crippen LogP contribution in [0.4, 0.5) is 5.69 Å². The number of nitrogen functional groups attached to an aromatic ring is 1. The van der Waals surface area contributed by atoms with E-state index in [1.54, 1.807) is 12.3 Å². The summed E-state index contributed by atoms with van der Waals surface area (Å²) in [4.78, 5) is 20.8. The van der Waals surface area contributed by atoms with Crippen molar-refractivity contribution in [2.45, 2.75) is 49.3 Å². The van der Waals surface area contributed by atoms with Crippen LogP contribution in [0.15, 0.2) is 47.9 Å². The van der Waals surface area contributed by atoms with Gasteiger partial charge in [0.25, 0.3) is 5.56 Å². The molecule has 0 amide bonds. The molecule has 0 aromatic carbocycles. The van der Waals surface area contributed by atoms with Gasteiger partial charge in [0.05, 0.1) is 43.1 Å². The number of imidazole rings is 2. The molecule has 0 aliphatic carbocycles. The Hall–Kier alpha value is -2.28. The standard InChI is InChI=1S/C22H25N7O10P2S2/c23-11-1-3-26-29-12(8-25-20(11)29)13-7-14-15(36-13)9-34-41(33,43)39-19-18(31)16(10-35-40(32,42)38-14)37-21(19)28-5-2-17(30)27-6-4-24-22(27)28/h1-6,8,13-16,18-19,21,31H,7,9-10,23H2,(H,32,42)(H,33,43)/t13-,14+,15-,16-,18-,19-,21-,40-,41+/m1/s1. The van der Waals surface area contributed by atoms with Crippen LogP contribution in [0.25, 0.3) is 11.4 Å². The summed E-state index contributed by atoms with van der Waals surface area (Å²) in [5.74, 6) is 0.163. The first-order valence-electron chi connectivity index (χ1n) is 12.9. The topological polar surface area (TPSA) is 205 Å². The van der Waals surface area contributed by atoms with E-state index in [0.717, 1.165) is 0 Å². The lowest BCUT2D eigenvalue weighted by atomic mass is 10.1. The van der Waals surface area contributed by atoms with Crippen molar-refractivity contribution in [1.29, 1.82) is 0 Å². The minimum Gasteiger partial charge on any atom is -0.396 e. The molecule has 2 bridgehead atoms. The molecule has 7 heterocycles. The third-order valence-corrected chi connectivity index (χ3v) is 10.6. The Morgan fingerprint density at radius 1 is 0.977 bits per heavy atom. The van der Waals surface area contributed by atoms with Crippen LogP contribution in [0.5, 0.6) is 0 Å². The van der Waals surface area contributed by atoms with Gasteiger partial charge in [-0.15, -0.1) is 0 Å². The molecule has 0 unspecified atom stereocenters. The van der Waals surface area contributed by atoms with E-state index >= 15 is 0 Å². The zero-order valence-electron chi connectivity index (χ0n) is 21.9. The van der Waals surface area contributed by atoms with E-state index in [9.17, 15) is 19.0 Å². The lowest BCUT2D eigenvalue weighted by Crippen LogP contribution is -2.35. The van der Waals surface area contributed by atoms with Crippen molar-refractivity contribution in [3.05, 3.63) is 59.2 Å². The molecule has 0 spiro atoms. The molecule has 17 nitrogen and oxygen atoms in total. The summed E-state index contributed by atoms with van der Waals surface area (Å²) < 4.78 is 65.9. The lowest BCUT2D eigenvalue weighted by Gasteiger charge is -2.26. The number of hydrogen-bond donors (Lipinski definition) is 4. The Morgan fingerprint density at radius 3 is 2.56 bits per heavy atom. The monoisotopic (exact) mass is 673 g/mol. The van der Waals surface area contributed by atoms with Gasteiger partial charge in [-0.3, -0.25) is 31.9 Å². The smallest absolute Gasteiger partial charge is 0.386 e. The normalized spacial score (nSPS) is 37.1. The molecule has 3 fully saturated rings. The number of aliphatic hydroxyl groups excluding tert-OH is 1. The number of nitrogens with two attached hydrogens (primary N) is 1. The third-order valence-electron chi connectivity index (χ3n) is 7.37. The van der Waals surface area contributed by atoms with E-state index in [-0.39, 0.29) is 24.4 Å². The molecule has 9 atom stereocenters. The minimum absolute atomic E-state index is 0.157. The fraction of sp³-hybridized carbons (Fsp3) is 0.455. The molecule has 3 aliphatic rings. The number of anilines is 1. The molecule has 230 valence electrons.